The number of anilines is 1. The second kappa shape index (κ2) is 10.00. The predicted molar refractivity (Wildman–Crippen MR) is 107 cm³/mol. The van der Waals surface area contributed by atoms with Crippen molar-refractivity contribution < 1.29 is 24.0 Å². The molecule has 0 spiro atoms. The van der Waals surface area contributed by atoms with Crippen LogP contribution in [0.2, 0.25) is 5.02 Å². The Bertz CT molecular complexity index is 972. The summed E-state index contributed by atoms with van der Waals surface area (Å²) in [7, 11) is 1.51. The molecule has 0 saturated carbocycles. The molecule has 0 radical (unpaired) electrons. The third-order valence-electron chi connectivity index (χ3n) is 3.58. The first-order valence-electron chi connectivity index (χ1n) is 8.21. The van der Waals surface area contributed by atoms with Crippen molar-refractivity contribution in [2.45, 2.75) is 0 Å². The number of carbonyl (C=O) groups excluding carboxylic acids is 3. The third-order valence-corrected chi connectivity index (χ3v) is 3.90. The van der Waals surface area contributed by atoms with Gasteiger partial charge in [-0.25, -0.2) is 4.79 Å². The molecule has 0 aromatic heterocycles. The van der Waals surface area contributed by atoms with Gasteiger partial charge in [-0.1, -0.05) is 17.7 Å². The molecule has 0 fully saturated rings. The molecule has 2 amide bonds. The second-order valence-electron chi connectivity index (χ2n) is 5.61. The average Bonchev–Trinajstić information content (AvgIpc) is 2.71. The molecule has 10 heteroatoms. The average molecular weight is 418 g/mol. The maximum Gasteiger partial charge on any atom is 0.331 e. The number of nitro groups is 1. The number of benzene rings is 2. The van der Waals surface area contributed by atoms with Crippen molar-refractivity contribution in [2.24, 2.45) is 0 Å². The fraction of sp³-hybridized carbons (Fsp3) is 0.105. The normalized spacial score (nSPS) is 10.4. The summed E-state index contributed by atoms with van der Waals surface area (Å²) >= 11 is 5.71. The minimum absolute atomic E-state index is 0.0187. The number of nitrogens with zero attached hydrogens (tertiary/aromatic N) is 1. The number of hydrogen-bond acceptors (Lipinski definition) is 6. The number of rotatable bonds is 7. The summed E-state index contributed by atoms with van der Waals surface area (Å²) in [5.41, 5.74) is 0.954. The van der Waals surface area contributed by atoms with E-state index in [1.807, 2.05) is 0 Å². The van der Waals surface area contributed by atoms with Crippen LogP contribution in [0.25, 0.3) is 6.08 Å². The van der Waals surface area contributed by atoms with Crippen molar-refractivity contribution in [3.05, 3.63) is 74.8 Å². The van der Waals surface area contributed by atoms with Crippen LogP contribution in [0.3, 0.4) is 0 Å². The summed E-state index contributed by atoms with van der Waals surface area (Å²) in [4.78, 5) is 45.2. The lowest BCUT2D eigenvalue weighted by Crippen LogP contribution is -2.20. The second-order valence-corrected chi connectivity index (χ2v) is 6.02. The van der Waals surface area contributed by atoms with E-state index < -0.39 is 23.4 Å². The van der Waals surface area contributed by atoms with Crippen LogP contribution in [0, 0.1) is 10.1 Å². The van der Waals surface area contributed by atoms with Gasteiger partial charge in [-0.2, -0.15) is 0 Å². The number of esters is 1. The molecule has 150 valence electrons. The van der Waals surface area contributed by atoms with E-state index in [1.54, 1.807) is 0 Å². The van der Waals surface area contributed by atoms with Crippen molar-refractivity contribution in [2.75, 3.05) is 19.0 Å². The van der Waals surface area contributed by atoms with Gasteiger partial charge in [-0.3, -0.25) is 19.7 Å². The molecule has 0 saturated heterocycles. The number of halogens is 1. The lowest BCUT2D eigenvalue weighted by molar-refractivity contribution is -0.384. The van der Waals surface area contributed by atoms with E-state index in [9.17, 15) is 24.5 Å². The summed E-state index contributed by atoms with van der Waals surface area (Å²) in [6, 6.07) is 10.2. The molecule has 2 rings (SSSR count). The molecule has 0 aliphatic carbocycles. The highest BCUT2D eigenvalue weighted by Gasteiger charge is 2.12. The Kier molecular flexibility index (Phi) is 7.44. The van der Waals surface area contributed by atoms with Gasteiger partial charge >= 0.3 is 5.97 Å². The van der Waals surface area contributed by atoms with Gasteiger partial charge in [0.25, 0.3) is 17.5 Å². The molecule has 0 bridgehead atoms. The maximum absolute atomic E-state index is 11.8. The zero-order valence-corrected chi connectivity index (χ0v) is 15.9. The van der Waals surface area contributed by atoms with Gasteiger partial charge in [0.05, 0.1) is 4.92 Å². The largest absolute Gasteiger partial charge is 0.452 e. The molecule has 29 heavy (non-hydrogen) atoms. The number of hydrogen-bond donors (Lipinski definition) is 2. The molecular formula is C19H16ClN3O6. The van der Waals surface area contributed by atoms with E-state index in [1.165, 1.54) is 55.6 Å². The lowest BCUT2D eigenvalue weighted by Gasteiger charge is -2.06. The van der Waals surface area contributed by atoms with Gasteiger partial charge in [-0.05, 0) is 42.0 Å². The Balaban J connectivity index is 1.86. The van der Waals surface area contributed by atoms with Crippen LogP contribution < -0.4 is 10.6 Å². The van der Waals surface area contributed by atoms with Crippen LogP contribution in [0.5, 0.6) is 0 Å². The molecule has 0 aliphatic rings. The van der Waals surface area contributed by atoms with Gasteiger partial charge < -0.3 is 15.4 Å². The molecule has 9 nitrogen and oxygen atoms in total. The zero-order valence-electron chi connectivity index (χ0n) is 15.2. The topological polar surface area (TPSA) is 128 Å². The number of nitro benzene ring substituents is 1. The molecule has 0 unspecified atom stereocenters. The summed E-state index contributed by atoms with van der Waals surface area (Å²) in [6.07, 6.45) is 2.35. The minimum atomic E-state index is -0.798. The van der Waals surface area contributed by atoms with E-state index in [0.29, 0.717) is 16.8 Å². The molecule has 2 N–H and O–H groups in total. The van der Waals surface area contributed by atoms with Gasteiger partial charge in [0.1, 0.15) is 5.02 Å². The van der Waals surface area contributed by atoms with E-state index in [2.05, 4.69) is 10.6 Å². The predicted octanol–water partition coefficient (Wildman–Crippen LogP) is 2.80. The number of carbonyl (C=O) groups is 3. The van der Waals surface area contributed by atoms with E-state index >= 15 is 0 Å². The smallest absolute Gasteiger partial charge is 0.331 e. The van der Waals surface area contributed by atoms with Gasteiger partial charge in [0, 0.05) is 30.4 Å². The van der Waals surface area contributed by atoms with Gasteiger partial charge in [-0.15, -0.1) is 0 Å². The maximum atomic E-state index is 11.8. The van der Waals surface area contributed by atoms with Crippen LogP contribution in [0.4, 0.5) is 11.4 Å². The first kappa shape index (κ1) is 21.6. The molecular weight excluding hydrogens is 402 g/mol. The Morgan fingerprint density at radius 3 is 2.48 bits per heavy atom. The first-order valence-corrected chi connectivity index (χ1v) is 8.58. The van der Waals surface area contributed by atoms with E-state index in [0.717, 1.165) is 6.08 Å². The summed E-state index contributed by atoms with van der Waals surface area (Å²) < 4.78 is 4.82. The van der Waals surface area contributed by atoms with Crippen molar-refractivity contribution >= 4 is 46.8 Å². The number of ether oxygens (including phenoxy) is 1. The van der Waals surface area contributed by atoms with Crippen LogP contribution in [-0.4, -0.2) is 36.4 Å². The lowest BCUT2D eigenvalue weighted by atomic mass is 10.2. The van der Waals surface area contributed by atoms with Crippen LogP contribution in [0.1, 0.15) is 15.9 Å². The minimum Gasteiger partial charge on any atom is -0.452 e. The van der Waals surface area contributed by atoms with Crippen LogP contribution in [0.15, 0.2) is 48.5 Å². The molecule has 2 aromatic carbocycles. The zero-order chi connectivity index (χ0) is 21.4. The van der Waals surface area contributed by atoms with Gasteiger partial charge in [0.2, 0.25) is 0 Å². The Labute approximate surface area is 170 Å². The summed E-state index contributed by atoms with van der Waals surface area (Å²) in [5, 5.41) is 15.8. The summed E-state index contributed by atoms with van der Waals surface area (Å²) in [5.74, 6) is -1.62. The molecule has 0 heterocycles. The number of nitrogens with one attached hydrogen (secondary N) is 2. The fourth-order valence-electron chi connectivity index (χ4n) is 2.17. The molecule has 2 aromatic rings. The van der Waals surface area contributed by atoms with Crippen molar-refractivity contribution in [3.63, 3.8) is 0 Å². The van der Waals surface area contributed by atoms with E-state index in [-0.39, 0.29) is 16.6 Å². The number of amides is 2. The standard InChI is InChI=1S/C19H16ClN3O6/c1-21-19(26)13-4-6-14(7-5-13)22-17(24)11-29-18(25)9-3-12-2-8-15(20)16(10-12)23(27)28/h2-10H,11H2,1H3,(H,21,26)(H,22,24)/b9-3+. The van der Waals surface area contributed by atoms with Gasteiger partial charge in [0.15, 0.2) is 6.61 Å². The van der Waals surface area contributed by atoms with Crippen LogP contribution >= 0.6 is 11.6 Å². The van der Waals surface area contributed by atoms with Crippen molar-refractivity contribution in [1.29, 1.82) is 0 Å². The first-order chi connectivity index (χ1) is 13.8. The van der Waals surface area contributed by atoms with Crippen LogP contribution in [-0.2, 0) is 14.3 Å². The highest BCUT2D eigenvalue weighted by atomic mass is 35.5. The highest BCUT2D eigenvalue weighted by Crippen LogP contribution is 2.25. The Morgan fingerprint density at radius 2 is 1.86 bits per heavy atom. The SMILES string of the molecule is CNC(=O)c1ccc(NC(=O)COC(=O)/C=C/c2ccc(Cl)c([N+](=O)[O-])c2)cc1. The van der Waals surface area contributed by atoms with E-state index in [4.69, 9.17) is 16.3 Å². The highest BCUT2D eigenvalue weighted by molar-refractivity contribution is 6.32. The molecule has 0 aliphatic heterocycles. The fourth-order valence-corrected chi connectivity index (χ4v) is 2.36. The monoisotopic (exact) mass is 417 g/mol. The van der Waals surface area contributed by atoms with Crippen molar-refractivity contribution in [3.8, 4) is 0 Å². The van der Waals surface area contributed by atoms with Crippen molar-refractivity contribution in [1.82, 2.24) is 5.32 Å². The molecule has 0 atom stereocenters. The Hall–Kier alpha value is -3.72. The Morgan fingerprint density at radius 1 is 1.17 bits per heavy atom. The third kappa shape index (κ3) is 6.43. The quantitative estimate of drug-likeness (QED) is 0.308. The summed E-state index contributed by atoms with van der Waals surface area (Å²) in [6.45, 7) is -0.527.